The molecule has 0 aromatic carbocycles. The average Bonchev–Trinajstić information content (AvgIpc) is 2.84. The largest absolute Gasteiger partial charge is 0.396 e. The molecule has 0 aliphatic rings. The van der Waals surface area contributed by atoms with Crippen molar-refractivity contribution in [2.24, 2.45) is 11.5 Å². The number of nitrogens with two attached hydrogens (primary N) is 3. The van der Waals surface area contributed by atoms with Crippen LogP contribution in [0, 0.1) is 0 Å². The average molecular weight is 323 g/mol. The fourth-order valence-electron chi connectivity index (χ4n) is 1.91. The summed E-state index contributed by atoms with van der Waals surface area (Å²) in [6.45, 7) is 0.129. The smallest absolute Gasteiger partial charge is 0.314 e. The van der Waals surface area contributed by atoms with Crippen LogP contribution < -0.4 is 21.8 Å². The van der Waals surface area contributed by atoms with Crippen molar-refractivity contribution in [3.63, 3.8) is 0 Å². The topological polar surface area (TPSA) is 162 Å². The van der Waals surface area contributed by atoms with Gasteiger partial charge in [0.2, 0.25) is 11.3 Å². The molecule has 10 heteroatoms. The van der Waals surface area contributed by atoms with Crippen molar-refractivity contribution in [2.75, 3.05) is 12.3 Å². The minimum Gasteiger partial charge on any atom is -0.396 e. The maximum absolute atomic E-state index is 11.6. The molecular formula is C12H15N6O3S+. The number of aliphatic hydroxyl groups is 1. The molecule has 116 valence electrons. The minimum absolute atomic E-state index is 0.0840. The van der Waals surface area contributed by atoms with Crippen molar-refractivity contribution in [3.05, 3.63) is 33.7 Å². The summed E-state index contributed by atoms with van der Waals surface area (Å²) in [6.07, 6.45) is 1.71. The van der Waals surface area contributed by atoms with Gasteiger partial charge < -0.3 is 22.3 Å². The Labute approximate surface area is 129 Å². The van der Waals surface area contributed by atoms with E-state index in [0.29, 0.717) is 22.6 Å². The Balaban J connectivity index is 2.35. The van der Waals surface area contributed by atoms with Crippen molar-refractivity contribution in [1.29, 1.82) is 0 Å². The molecule has 0 unspecified atom stereocenters. The van der Waals surface area contributed by atoms with Gasteiger partial charge in [0.05, 0.1) is 10.4 Å². The van der Waals surface area contributed by atoms with Gasteiger partial charge in [-0.05, 0) is 0 Å². The molecule has 2 aromatic rings. The SMILES string of the molecule is NC(=O)c1ncc(C[n+]2csc(CCO)c2C(N)=O)c(N)n1. The van der Waals surface area contributed by atoms with Gasteiger partial charge in [0.25, 0.3) is 11.6 Å². The molecule has 0 saturated heterocycles. The lowest BCUT2D eigenvalue weighted by atomic mass is 10.2. The lowest BCUT2D eigenvalue weighted by molar-refractivity contribution is -0.685. The Morgan fingerprint density at radius 3 is 2.59 bits per heavy atom. The highest BCUT2D eigenvalue weighted by molar-refractivity contribution is 7.09. The van der Waals surface area contributed by atoms with Gasteiger partial charge in [0.1, 0.15) is 5.82 Å². The number of hydrogen-bond acceptors (Lipinski definition) is 7. The van der Waals surface area contributed by atoms with Gasteiger partial charge in [-0.2, -0.15) is 4.57 Å². The normalized spacial score (nSPS) is 10.6. The van der Waals surface area contributed by atoms with E-state index in [9.17, 15) is 9.59 Å². The van der Waals surface area contributed by atoms with E-state index >= 15 is 0 Å². The van der Waals surface area contributed by atoms with E-state index in [2.05, 4.69) is 9.97 Å². The first kappa shape index (κ1) is 15.8. The van der Waals surface area contributed by atoms with Gasteiger partial charge in [0.15, 0.2) is 6.54 Å². The lowest BCUT2D eigenvalue weighted by Gasteiger charge is -2.03. The number of carbonyl (C=O) groups is 2. The molecule has 2 rings (SSSR count). The Hall–Kier alpha value is -2.59. The van der Waals surface area contributed by atoms with Gasteiger partial charge in [-0.1, -0.05) is 11.3 Å². The van der Waals surface area contributed by atoms with E-state index in [-0.39, 0.29) is 24.8 Å². The summed E-state index contributed by atoms with van der Waals surface area (Å²) in [6, 6.07) is 0. The first-order valence-electron chi connectivity index (χ1n) is 6.25. The predicted molar refractivity (Wildman–Crippen MR) is 77.9 cm³/mol. The van der Waals surface area contributed by atoms with Crippen molar-refractivity contribution in [2.45, 2.75) is 13.0 Å². The zero-order chi connectivity index (χ0) is 16.3. The summed E-state index contributed by atoms with van der Waals surface area (Å²) in [5.74, 6) is -1.45. The predicted octanol–water partition coefficient (Wildman–Crippen LogP) is -1.81. The number of hydrogen-bond donors (Lipinski definition) is 4. The summed E-state index contributed by atoms with van der Waals surface area (Å²) < 4.78 is 1.61. The number of nitrogens with zero attached hydrogens (tertiary/aromatic N) is 3. The van der Waals surface area contributed by atoms with Crippen LogP contribution in [-0.2, 0) is 13.0 Å². The zero-order valence-electron chi connectivity index (χ0n) is 11.5. The van der Waals surface area contributed by atoms with Crippen LogP contribution in [0.1, 0.15) is 31.5 Å². The fraction of sp³-hybridized carbons (Fsp3) is 0.250. The molecule has 9 nitrogen and oxygen atoms in total. The molecule has 2 heterocycles. The van der Waals surface area contributed by atoms with Gasteiger partial charge in [-0.3, -0.25) is 9.59 Å². The van der Waals surface area contributed by atoms with Crippen LogP contribution in [0.4, 0.5) is 5.82 Å². The molecule has 0 bridgehead atoms. The maximum atomic E-state index is 11.6. The highest BCUT2D eigenvalue weighted by Gasteiger charge is 2.25. The highest BCUT2D eigenvalue weighted by Crippen LogP contribution is 2.14. The molecule has 0 radical (unpaired) electrons. The molecule has 2 amide bonds. The molecule has 0 spiro atoms. The van der Waals surface area contributed by atoms with E-state index in [1.54, 1.807) is 10.1 Å². The molecule has 2 aromatic heterocycles. The molecular weight excluding hydrogens is 308 g/mol. The number of thiazole rings is 1. The lowest BCUT2D eigenvalue weighted by Crippen LogP contribution is -2.41. The number of aliphatic hydroxyl groups excluding tert-OH is 1. The van der Waals surface area contributed by atoms with Gasteiger partial charge in [0, 0.05) is 19.2 Å². The molecule has 0 atom stereocenters. The van der Waals surface area contributed by atoms with Crippen molar-refractivity contribution in [1.82, 2.24) is 9.97 Å². The van der Waals surface area contributed by atoms with Crippen LogP contribution >= 0.6 is 11.3 Å². The minimum atomic E-state index is -0.774. The second-order valence-electron chi connectivity index (χ2n) is 4.43. The summed E-state index contributed by atoms with van der Waals surface area (Å²) in [7, 11) is 0. The van der Waals surface area contributed by atoms with Crippen molar-refractivity contribution >= 4 is 29.0 Å². The number of carbonyl (C=O) groups excluding carboxylic acids is 2. The summed E-state index contributed by atoms with van der Waals surface area (Å²) in [4.78, 5) is 30.9. The summed E-state index contributed by atoms with van der Waals surface area (Å²) >= 11 is 1.31. The summed E-state index contributed by atoms with van der Waals surface area (Å²) in [5.41, 5.74) is 18.8. The van der Waals surface area contributed by atoms with E-state index in [1.807, 2.05) is 0 Å². The molecule has 0 aliphatic carbocycles. The molecule has 22 heavy (non-hydrogen) atoms. The third kappa shape index (κ3) is 3.18. The third-order valence-corrected chi connectivity index (χ3v) is 3.95. The van der Waals surface area contributed by atoms with E-state index in [0.717, 1.165) is 0 Å². The Kier molecular flexibility index (Phi) is 4.63. The number of anilines is 1. The van der Waals surface area contributed by atoms with E-state index in [1.165, 1.54) is 17.5 Å². The Morgan fingerprint density at radius 1 is 1.32 bits per heavy atom. The fourth-order valence-corrected chi connectivity index (χ4v) is 2.89. The zero-order valence-corrected chi connectivity index (χ0v) is 12.3. The number of nitrogen functional groups attached to an aromatic ring is 1. The van der Waals surface area contributed by atoms with E-state index in [4.69, 9.17) is 22.3 Å². The molecule has 0 saturated carbocycles. The second kappa shape index (κ2) is 6.45. The van der Waals surface area contributed by atoms with E-state index < -0.39 is 11.8 Å². The van der Waals surface area contributed by atoms with Crippen molar-refractivity contribution in [3.8, 4) is 0 Å². The number of primary amides is 2. The van der Waals surface area contributed by atoms with Crippen LogP contribution in [0.3, 0.4) is 0 Å². The van der Waals surface area contributed by atoms with Gasteiger partial charge >= 0.3 is 5.91 Å². The van der Waals surface area contributed by atoms with Crippen LogP contribution in [-0.4, -0.2) is 33.5 Å². The first-order chi connectivity index (χ1) is 10.4. The monoisotopic (exact) mass is 323 g/mol. The Morgan fingerprint density at radius 2 is 2.05 bits per heavy atom. The maximum Gasteiger partial charge on any atom is 0.314 e. The van der Waals surface area contributed by atoms with Crippen molar-refractivity contribution < 1.29 is 19.3 Å². The Bertz CT molecular complexity index is 730. The highest BCUT2D eigenvalue weighted by atomic mass is 32.1. The number of rotatable bonds is 6. The first-order valence-corrected chi connectivity index (χ1v) is 7.13. The standard InChI is InChI=1S/C12H14N6O3S/c13-9-6(3-16-12(17-9)11(15)21)4-18-5-22-7(1-2-19)8(18)10(14)20/h3,5,19H,1-2,4H2,(H5-,13,14,15,16,17,20,21)/p+1. The van der Waals surface area contributed by atoms with Crippen LogP contribution in [0.2, 0.25) is 0 Å². The van der Waals surface area contributed by atoms with Gasteiger partial charge in [-0.15, -0.1) is 0 Å². The van der Waals surface area contributed by atoms with Gasteiger partial charge in [-0.25, -0.2) is 9.97 Å². The number of aromatic nitrogens is 3. The molecule has 0 aliphatic heterocycles. The van der Waals surface area contributed by atoms with Crippen LogP contribution in [0.15, 0.2) is 11.7 Å². The molecule has 0 fully saturated rings. The quantitative estimate of drug-likeness (QED) is 0.458. The third-order valence-electron chi connectivity index (χ3n) is 2.90. The molecule has 7 N–H and O–H groups in total. The summed E-state index contributed by atoms with van der Waals surface area (Å²) in [5, 5.41) is 9.01. The number of amides is 2. The second-order valence-corrected chi connectivity index (χ2v) is 5.37. The van der Waals surface area contributed by atoms with Crippen LogP contribution in [0.5, 0.6) is 0 Å². The van der Waals surface area contributed by atoms with Crippen LogP contribution in [0.25, 0.3) is 0 Å².